The second kappa shape index (κ2) is 10.8. The first-order chi connectivity index (χ1) is 13.9. The fourth-order valence-electron chi connectivity index (χ4n) is 2.99. The van der Waals surface area contributed by atoms with Crippen LogP contribution < -0.4 is 15.5 Å². The molecule has 0 bridgehead atoms. The second-order valence-corrected chi connectivity index (χ2v) is 7.25. The Morgan fingerprint density at radius 1 is 0.966 bits per heavy atom. The number of rotatable bonds is 9. The zero-order valence-corrected chi connectivity index (χ0v) is 18.2. The molecular formula is C22H29ClN4O2. The van der Waals surface area contributed by atoms with E-state index in [-0.39, 0.29) is 11.8 Å². The lowest BCUT2D eigenvalue weighted by atomic mass is 10.1. The Morgan fingerprint density at radius 3 is 2.28 bits per heavy atom. The van der Waals surface area contributed by atoms with E-state index in [2.05, 4.69) is 29.4 Å². The van der Waals surface area contributed by atoms with Crippen LogP contribution in [0.1, 0.15) is 34.6 Å². The number of hydrogen-bond acceptors (Lipinski definition) is 4. The molecule has 29 heavy (non-hydrogen) atoms. The molecule has 0 saturated carbocycles. The van der Waals surface area contributed by atoms with Crippen molar-refractivity contribution in [1.82, 2.24) is 10.2 Å². The third kappa shape index (κ3) is 6.21. The number of halogens is 1. The molecule has 0 heterocycles. The minimum atomic E-state index is -0.318. The summed E-state index contributed by atoms with van der Waals surface area (Å²) in [6.07, 6.45) is 0. The molecule has 0 unspecified atom stereocenters. The summed E-state index contributed by atoms with van der Waals surface area (Å²) < 4.78 is 0. The van der Waals surface area contributed by atoms with Gasteiger partial charge < -0.3 is 20.4 Å². The van der Waals surface area contributed by atoms with Crippen molar-refractivity contribution < 1.29 is 9.59 Å². The van der Waals surface area contributed by atoms with Crippen molar-refractivity contribution in [3.63, 3.8) is 0 Å². The lowest BCUT2D eigenvalue weighted by Crippen LogP contribution is -2.35. The molecule has 2 aromatic rings. The number of likely N-dealkylation sites (N-methyl/N-ethyl adjacent to an activating group) is 1. The average Bonchev–Trinajstić information content (AvgIpc) is 2.71. The third-order valence-corrected chi connectivity index (χ3v) is 5.04. The van der Waals surface area contributed by atoms with E-state index in [0.717, 1.165) is 25.3 Å². The SMILES string of the molecule is CCN(CC)CCNC(=O)c1cc(NC(=O)c2ccccc2Cl)ccc1N(C)C. The number of nitrogens with one attached hydrogen (secondary N) is 2. The molecule has 2 rings (SSSR count). The van der Waals surface area contributed by atoms with Crippen molar-refractivity contribution in [2.45, 2.75) is 13.8 Å². The van der Waals surface area contributed by atoms with Gasteiger partial charge in [0.25, 0.3) is 11.8 Å². The maximum Gasteiger partial charge on any atom is 0.257 e. The van der Waals surface area contributed by atoms with Crippen LogP contribution in [0.15, 0.2) is 42.5 Å². The van der Waals surface area contributed by atoms with Crippen LogP contribution in [0.5, 0.6) is 0 Å². The standard InChI is InChI=1S/C22H29ClN4O2/c1-5-27(6-2)14-13-24-21(28)18-15-16(11-12-20(18)26(3)4)25-22(29)17-9-7-8-10-19(17)23/h7-12,15H,5-6,13-14H2,1-4H3,(H,24,28)(H,25,29). The number of carbonyl (C=O) groups excluding carboxylic acids is 2. The molecule has 0 radical (unpaired) electrons. The van der Waals surface area contributed by atoms with Gasteiger partial charge in [0.15, 0.2) is 0 Å². The molecule has 6 nitrogen and oxygen atoms in total. The summed E-state index contributed by atoms with van der Waals surface area (Å²) >= 11 is 6.10. The maximum absolute atomic E-state index is 12.8. The van der Waals surface area contributed by atoms with Gasteiger partial charge in [0.1, 0.15) is 0 Å². The molecule has 0 aliphatic heterocycles. The van der Waals surface area contributed by atoms with Crippen LogP contribution in [0.2, 0.25) is 5.02 Å². The molecule has 0 fully saturated rings. The van der Waals surface area contributed by atoms with Gasteiger partial charge in [-0.05, 0) is 43.4 Å². The van der Waals surface area contributed by atoms with Gasteiger partial charge in [0.2, 0.25) is 0 Å². The first kappa shape index (κ1) is 22.7. The largest absolute Gasteiger partial charge is 0.377 e. The van der Waals surface area contributed by atoms with Crippen LogP contribution in [-0.2, 0) is 0 Å². The minimum Gasteiger partial charge on any atom is -0.377 e. The number of nitrogens with zero attached hydrogens (tertiary/aromatic N) is 2. The smallest absolute Gasteiger partial charge is 0.257 e. The molecule has 0 atom stereocenters. The molecule has 0 aliphatic carbocycles. The van der Waals surface area contributed by atoms with E-state index in [9.17, 15) is 9.59 Å². The van der Waals surface area contributed by atoms with Crippen molar-refractivity contribution in [3.8, 4) is 0 Å². The highest BCUT2D eigenvalue weighted by molar-refractivity contribution is 6.34. The van der Waals surface area contributed by atoms with Crippen LogP contribution >= 0.6 is 11.6 Å². The second-order valence-electron chi connectivity index (χ2n) is 6.84. The van der Waals surface area contributed by atoms with Crippen molar-refractivity contribution in [1.29, 1.82) is 0 Å². The van der Waals surface area contributed by atoms with Gasteiger partial charge in [-0.1, -0.05) is 37.6 Å². The molecule has 156 valence electrons. The highest BCUT2D eigenvalue weighted by atomic mass is 35.5. The Balaban J connectivity index is 2.17. The van der Waals surface area contributed by atoms with Crippen molar-refractivity contribution in [3.05, 3.63) is 58.6 Å². The fourth-order valence-corrected chi connectivity index (χ4v) is 3.21. The molecule has 0 aromatic heterocycles. The van der Waals surface area contributed by atoms with Gasteiger partial charge in [-0.2, -0.15) is 0 Å². The zero-order valence-electron chi connectivity index (χ0n) is 17.5. The number of anilines is 2. The van der Waals surface area contributed by atoms with Crippen LogP contribution in [0.3, 0.4) is 0 Å². The quantitative estimate of drug-likeness (QED) is 0.653. The van der Waals surface area contributed by atoms with E-state index in [4.69, 9.17) is 11.6 Å². The molecule has 0 saturated heterocycles. The predicted octanol–water partition coefficient (Wildman–Crippen LogP) is 3.73. The monoisotopic (exact) mass is 416 g/mol. The molecule has 2 aromatic carbocycles. The van der Waals surface area contributed by atoms with E-state index in [1.54, 1.807) is 36.4 Å². The summed E-state index contributed by atoms with van der Waals surface area (Å²) in [6, 6.07) is 12.1. The Bertz CT molecular complexity index is 850. The molecule has 7 heteroatoms. The average molecular weight is 417 g/mol. The summed E-state index contributed by atoms with van der Waals surface area (Å²) in [5.74, 6) is -0.490. The van der Waals surface area contributed by atoms with Gasteiger partial charge in [-0.3, -0.25) is 9.59 Å². The Kier molecular flexibility index (Phi) is 8.49. The summed E-state index contributed by atoms with van der Waals surface area (Å²) in [7, 11) is 3.76. The topological polar surface area (TPSA) is 64.7 Å². The van der Waals surface area contributed by atoms with Crippen molar-refractivity contribution >= 4 is 34.8 Å². The minimum absolute atomic E-state index is 0.172. The molecular weight excluding hydrogens is 388 g/mol. The Morgan fingerprint density at radius 2 is 1.66 bits per heavy atom. The van der Waals surface area contributed by atoms with Gasteiger partial charge in [0.05, 0.1) is 16.1 Å². The number of carbonyl (C=O) groups is 2. The summed E-state index contributed by atoms with van der Waals surface area (Å²) in [4.78, 5) is 29.5. The van der Waals surface area contributed by atoms with Crippen LogP contribution in [0.4, 0.5) is 11.4 Å². The number of amides is 2. The summed E-state index contributed by atoms with van der Waals surface area (Å²) in [5, 5.41) is 6.18. The Labute approximate surface area is 177 Å². The normalized spacial score (nSPS) is 10.7. The van der Waals surface area contributed by atoms with E-state index in [0.29, 0.717) is 28.4 Å². The summed E-state index contributed by atoms with van der Waals surface area (Å²) in [6.45, 7) is 7.43. The van der Waals surface area contributed by atoms with E-state index < -0.39 is 0 Å². The molecule has 0 spiro atoms. The van der Waals surface area contributed by atoms with Crippen LogP contribution in [0, 0.1) is 0 Å². The molecule has 0 aliphatic rings. The highest BCUT2D eigenvalue weighted by Gasteiger charge is 2.16. The predicted molar refractivity (Wildman–Crippen MR) is 120 cm³/mol. The van der Waals surface area contributed by atoms with E-state index in [1.165, 1.54) is 0 Å². The Hall–Kier alpha value is -2.57. The maximum atomic E-state index is 12.8. The highest BCUT2D eigenvalue weighted by Crippen LogP contribution is 2.24. The lowest BCUT2D eigenvalue weighted by molar-refractivity contribution is 0.0948. The third-order valence-electron chi connectivity index (χ3n) is 4.71. The van der Waals surface area contributed by atoms with Crippen LogP contribution in [0.25, 0.3) is 0 Å². The lowest BCUT2D eigenvalue weighted by Gasteiger charge is -2.20. The first-order valence-electron chi connectivity index (χ1n) is 9.75. The van der Waals surface area contributed by atoms with Crippen molar-refractivity contribution in [2.75, 3.05) is 50.5 Å². The van der Waals surface area contributed by atoms with Crippen LogP contribution in [-0.4, -0.2) is 57.0 Å². The number of hydrogen-bond donors (Lipinski definition) is 2. The van der Waals surface area contributed by atoms with Gasteiger partial charge in [-0.25, -0.2) is 0 Å². The zero-order chi connectivity index (χ0) is 21.4. The van der Waals surface area contributed by atoms with E-state index in [1.807, 2.05) is 25.1 Å². The van der Waals surface area contributed by atoms with Gasteiger partial charge >= 0.3 is 0 Å². The fraction of sp³-hybridized carbons (Fsp3) is 0.364. The van der Waals surface area contributed by atoms with Gasteiger partial charge in [0, 0.05) is 38.6 Å². The van der Waals surface area contributed by atoms with Crippen molar-refractivity contribution in [2.24, 2.45) is 0 Å². The first-order valence-corrected chi connectivity index (χ1v) is 10.1. The summed E-state index contributed by atoms with van der Waals surface area (Å²) in [5.41, 5.74) is 2.21. The molecule has 2 N–H and O–H groups in total. The van der Waals surface area contributed by atoms with Gasteiger partial charge in [-0.15, -0.1) is 0 Å². The molecule has 2 amide bonds. The number of benzene rings is 2. The van der Waals surface area contributed by atoms with E-state index >= 15 is 0 Å².